The molecule has 2 N–H and O–H groups in total. The summed E-state index contributed by atoms with van der Waals surface area (Å²) in [4.78, 5) is 0. The van der Waals surface area contributed by atoms with Crippen LogP contribution in [0.4, 0.5) is 0 Å². The lowest BCUT2D eigenvalue weighted by Gasteiger charge is -2.04. The second-order valence-electron chi connectivity index (χ2n) is 2.54. The predicted molar refractivity (Wildman–Crippen MR) is 39.6 cm³/mol. The molecule has 8 heteroatoms. The van der Waals surface area contributed by atoms with E-state index >= 15 is 0 Å². The van der Waals surface area contributed by atoms with Crippen LogP contribution in [0.1, 0.15) is 19.9 Å². The van der Waals surface area contributed by atoms with Gasteiger partial charge < -0.3 is 0 Å². The lowest BCUT2D eigenvalue weighted by atomic mass is 10.4. The number of sulfonamides is 1. The molecule has 0 bridgehead atoms. The number of hydrogen-bond donors (Lipinski definition) is 1. The lowest BCUT2D eigenvalue weighted by Crippen LogP contribution is -2.20. The second-order valence-corrected chi connectivity index (χ2v) is 4.00. The van der Waals surface area contributed by atoms with E-state index in [4.69, 9.17) is 5.14 Å². The highest BCUT2D eigenvalue weighted by molar-refractivity contribution is 7.89. The van der Waals surface area contributed by atoms with Crippen LogP contribution in [-0.4, -0.2) is 28.6 Å². The van der Waals surface area contributed by atoms with Crippen LogP contribution < -0.4 is 5.14 Å². The fourth-order valence-electron chi connectivity index (χ4n) is 0.697. The number of primary sulfonamides is 1. The van der Waals surface area contributed by atoms with Crippen LogP contribution in [-0.2, 0) is 10.0 Å². The third-order valence-corrected chi connectivity index (χ3v) is 1.98. The summed E-state index contributed by atoms with van der Waals surface area (Å²) < 4.78 is 22.8. The molecule has 0 spiro atoms. The van der Waals surface area contributed by atoms with Gasteiger partial charge in [0, 0.05) is 0 Å². The molecule has 7 nitrogen and oxygen atoms in total. The monoisotopic (exact) mass is 191 g/mol. The Morgan fingerprint density at radius 2 is 2.08 bits per heavy atom. The van der Waals surface area contributed by atoms with Gasteiger partial charge in [-0.1, -0.05) is 5.10 Å². The Balaban J connectivity index is 3.26. The highest BCUT2D eigenvalue weighted by atomic mass is 32.2. The van der Waals surface area contributed by atoms with Gasteiger partial charge in [-0.3, -0.25) is 0 Å². The molecule has 0 saturated carbocycles. The molecule has 1 aromatic rings. The van der Waals surface area contributed by atoms with Gasteiger partial charge in [-0.2, -0.15) is 0 Å². The summed E-state index contributed by atoms with van der Waals surface area (Å²) in [5.74, 6) is 0. The van der Waals surface area contributed by atoms with E-state index in [1.54, 1.807) is 13.8 Å². The summed E-state index contributed by atoms with van der Waals surface area (Å²) in [5, 5.41) is 14.5. The molecule has 0 unspecified atom stereocenters. The van der Waals surface area contributed by atoms with Gasteiger partial charge in [0.05, 0.1) is 6.04 Å². The summed E-state index contributed by atoms with van der Waals surface area (Å²) in [6.45, 7) is 3.51. The quantitative estimate of drug-likeness (QED) is 0.639. The van der Waals surface area contributed by atoms with E-state index in [-0.39, 0.29) is 11.2 Å². The van der Waals surface area contributed by atoms with Crippen LogP contribution >= 0.6 is 0 Å². The summed E-state index contributed by atoms with van der Waals surface area (Å²) in [5.41, 5.74) is 0. The lowest BCUT2D eigenvalue weighted by molar-refractivity contribution is 0.464. The molecule has 0 radical (unpaired) electrons. The van der Waals surface area contributed by atoms with Gasteiger partial charge in [-0.15, -0.1) is 0 Å². The summed E-state index contributed by atoms with van der Waals surface area (Å²) in [6, 6.07) is -0.131. The Hall–Kier alpha value is -1.02. The zero-order chi connectivity index (χ0) is 9.35. The molecule has 0 atom stereocenters. The van der Waals surface area contributed by atoms with Crippen molar-refractivity contribution in [1.29, 1.82) is 0 Å². The number of rotatable bonds is 2. The third-order valence-electron chi connectivity index (χ3n) is 1.21. The SMILES string of the molecule is CC(C)n1nnnc1S(N)(=O)=O. The van der Waals surface area contributed by atoms with Crippen molar-refractivity contribution in [2.24, 2.45) is 5.14 Å². The minimum Gasteiger partial charge on any atom is -0.222 e. The number of hydrogen-bond acceptors (Lipinski definition) is 5. The molecule has 0 fully saturated rings. The molecule has 0 aliphatic carbocycles. The van der Waals surface area contributed by atoms with Crippen molar-refractivity contribution >= 4 is 10.0 Å². The molecule has 1 aromatic heterocycles. The first kappa shape index (κ1) is 9.07. The molecule has 0 aliphatic heterocycles. The first-order chi connectivity index (χ1) is 5.43. The summed E-state index contributed by atoms with van der Waals surface area (Å²) in [6.07, 6.45) is 0. The smallest absolute Gasteiger partial charge is 0.222 e. The van der Waals surface area contributed by atoms with Crippen LogP contribution in [0.2, 0.25) is 0 Å². The van der Waals surface area contributed by atoms with Gasteiger partial charge in [0.1, 0.15) is 0 Å². The Bertz CT molecular complexity index is 367. The van der Waals surface area contributed by atoms with Crippen molar-refractivity contribution in [3.05, 3.63) is 0 Å². The largest absolute Gasteiger partial charge is 0.282 e. The number of tetrazole rings is 1. The Kier molecular flexibility index (Phi) is 2.11. The molecule has 1 rings (SSSR count). The van der Waals surface area contributed by atoms with Crippen LogP contribution in [0.25, 0.3) is 0 Å². The van der Waals surface area contributed by atoms with Crippen LogP contribution in [0.3, 0.4) is 0 Å². The molecule has 0 amide bonds. The van der Waals surface area contributed by atoms with Crippen molar-refractivity contribution in [2.75, 3.05) is 0 Å². The molecule has 0 aromatic carbocycles. The second kappa shape index (κ2) is 2.79. The van der Waals surface area contributed by atoms with Gasteiger partial charge in [0.2, 0.25) is 0 Å². The fourth-order valence-corrected chi connectivity index (χ4v) is 1.36. The Labute approximate surface area is 69.6 Å². The van der Waals surface area contributed by atoms with E-state index in [0.29, 0.717) is 0 Å². The van der Waals surface area contributed by atoms with E-state index in [9.17, 15) is 8.42 Å². The molecule has 68 valence electrons. The van der Waals surface area contributed by atoms with Crippen molar-refractivity contribution in [1.82, 2.24) is 20.2 Å². The molecule has 0 aliphatic rings. The first-order valence-corrected chi connectivity index (χ1v) is 4.78. The van der Waals surface area contributed by atoms with E-state index in [2.05, 4.69) is 15.5 Å². The van der Waals surface area contributed by atoms with Gasteiger partial charge in [0.25, 0.3) is 15.2 Å². The van der Waals surface area contributed by atoms with Crippen molar-refractivity contribution < 1.29 is 8.42 Å². The fraction of sp³-hybridized carbons (Fsp3) is 0.750. The van der Waals surface area contributed by atoms with Crippen LogP contribution in [0, 0.1) is 0 Å². The van der Waals surface area contributed by atoms with E-state index in [1.807, 2.05) is 0 Å². The zero-order valence-electron chi connectivity index (χ0n) is 6.67. The summed E-state index contributed by atoms with van der Waals surface area (Å²) in [7, 11) is -3.81. The first-order valence-electron chi connectivity index (χ1n) is 3.23. The molecule has 12 heavy (non-hydrogen) atoms. The Morgan fingerprint density at radius 1 is 1.50 bits per heavy atom. The molecular weight excluding hydrogens is 182 g/mol. The van der Waals surface area contributed by atoms with Gasteiger partial charge in [0.15, 0.2) is 0 Å². The standard InChI is InChI=1S/C4H9N5O2S/c1-3(2)9-4(6-7-8-9)12(5,10)11/h3H,1-2H3,(H2,5,10,11). The highest BCUT2D eigenvalue weighted by Gasteiger charge is 2.19. The van der Waals surface area contributed by atoms with Crippen LogP contribution in [0.5, 0.6) is 0 Å². The van der Waals surface area contributed by atoms with Gasteiger partial charge >= 0.3 is 0 Å². The summed E-state index contributed by atoms with van der Waals surface area (Å²) >= 11 is 0. The van der Waals surface area contributed by atoms with Crippen LogP contribution in [0.15, 0.2) is 5.16 Å². The number of nitrogens with zero attached hydrogens (tertiary/aromatic N) is 4. The molecule has 1 heterocycles. The topological polar surface area (TPSA) is 104 Å². The average Bonchev–Trinajstić information content (AvgIpc) is 2.30. The van der Waals surface area contributed by atoms with E-state index < -0.39 is 10.0 Å². The highest BCUT2D eigenvalue weighted by Crippen LogP contribution is 2.06. The molecular formula is C4H9N5O2S. The number of aromatic nitrogens is 4. The van der Waals surface area contributed by atoms with Gasteiger partial charge in [-0.05, 0) is 24.3 Å². The number of nitrogens with two attached hydrogens (primary N) is 1. The Morgan fingerprint density at radius 3 is 2.42 bits per heavy atom. The minimum absolute atomic E-state index is 0.131. The molecule has 0 saturated heterocycles. The van der Waals surface area contributed by atoms with Crippen molar-refractivity contribution in [3.63, 3.8) is 0 Å². The van der Waals surface area contributed by atoms with E-state index in [1.165, 1.54) is 0 Å². The zero-order valence-corrected chi connectivity index (χ0v) is 7.48. The van der Waals surface area contributed by atoms with Gasteiger partial charge in [-0.25, -0.2) is 18.2 Å². The predicted octanol–water partition coefficient (Wildman–Crippen LogP) is -1.10. The van der Waals surface area contributed by atoms with Crippen molar-refractivity contribution in [3.8, 4) is 0 Å². The maximum absolute atomic E-state index is 10.8. The third kappa shape index (κ3) is 1.59. The normalized spacial score (nSPS) is 12.3. The maximum atomic E-state index is 10.8. The average molecular weight is 191 g/mol. The minimum atomic E-state index is -3.81. The van der Waals surface area contributed by atoms with E-state index in [0.717, 1.165) is 4.68 Å². The maximum Gasteiger partial charge on any atom is 0.282 e. The van der Waals surface area contributed by atoms with Crippen molar-refractivity contribution in [2.45, 2.75) is 25.0 Å².